The van der Waals surface area contributed by atoms with Gasteiger partial charge in [-0.3, -0.25) is 4.99 Å². The minimum Gasteiger partial charge on any atom is -0.288 e. The van der Waals surface area contributed by atoms with E-state index in [1.54, 1.807) is 0 Å². The second-order valence-corrected chi connectivity index (χ2v) is 8.23. The normalized spacial score (nSPS) is 12.3. The zero-order chi connectivity index (χ0) is 20.8. The Kier molecular flexibility index (Phi) is 10.8. The van der Waals surface area contributed by atoms with E-state index in [9.17, 15) is 0 Å². The molecule has 0 saturated carbocycles. The minimum atomic E-state index is -0.0111. The van der Waals surface area contributed by atoms with Crippen molar-refractivity contribution < 1.29 is 0 Å². The van der Waals surface area contributed by atoms with Crippen molar-refractivity contribution in [3.8, 4) is 0 Å². The van der Waals surface area contributed by atoms with E-state index in [-0.39, 0.29) is 5.41 Å². The van der Waals surface area contributed by atoms with Crippen LogP contribution < -0.4 is 0 Å². The van der Waals surface area contributed by atoms with E-state index >= 15 is 0 Å². The summed E-state index contributed by atoms with van der Waals surface area (Å²) in [5, 5.41) is 0. The maximum atomic E-state index is 5.25. The molecule has 0 unspecified atom stereocenters. The molecule has 158 valence electrons. The first kappa shape index (κ1) is 23.4. The summed E-state index contributed by atoms with van der Waals surface area (Å²) in [5.41, 5.74) is 3.93. The van der Waals surface area contributed by atoms with Crippen LogP contribution in [0.25, 0.3) is 0 Å². The first-order valence-corrected chi connectivity index (χ1v) is 11.9. The SMILES string of the molecule is CCCCCCCCCCN=C(c1ccccc1)C(CC)(CC)c1ccccc1. The van der Waals surface area contributed by atoms with Crippen LogP contribution in [0.3, 0.4) is 0 Å². The molecule has 2 rings (SSSR count). The van der Waals surface area contributed by atoms with E-state index in [0.29, 0.717) is 0 Å². The van der Waals surface area contributed by atoms with Crippen LogP contribution in [0.5, 0.6) is 0 Å². The molecule has 0 aliphatic carbocycles. The van der Waals surface area contributed by atoms with Gasteiger partial charge in [-0.25, -0.2) is 0 Å². The van der Waals surface area contributed by atoms with Crippen LogP contribution in [-0.2, 0) is 5.41 Å². The quantitative estimate of drug-likeness (QED) is 0.226. The average Bonchev–Trinajstić information content (AvgIpc) is 2.79. The first-order chi connectivity index (χ1) is 14.3. The second kappa shape index (κ2) is 13.4. The lowest BCUT2D eigenvalue weighted by Crippen LogP contribution is -2.36. The smallest absolute Gasteiger partial charge is 0.0525 e. The van der Waals surface area contributed by atoms with Gasteiger partial charge in [-0.05, 0) is 30.4 Å². The highest BCUT2D eigenvalue weighted by Crippen LogP contribution is 2.36. The van der Waals surface area contributed by atoms with Crippen LogP contribution in [0.4, 0.5) is 0 Å². The standard InChI is InChI=1S/C28H41N/c1-4-7-8-9-10-11-12-19-24-29-27(25-20-15-13-16-21-25)28(5-2,6-3)26-22-17-14-18-23-26/h13-18,20-23H,4-12,19,24H2,1-3H3. The highest BCUT2D eigenvalue weighted by atomic mass is 14.8. The van der Waals surface area contributed by atoms with Crippen molar-refractivity contribution in [1.82, 2.24) is 0 Å². The van der Waals surface area contributed by atoms with Crippen molar-refractivity contribution >= 4 is 5.71 Å². The van der Waals surface area contributed by atoms with Gasteiger partial charge in [0.25, 0.3) is 0 Å². The molecule has 0 amide bonds. The van der Waals surface area contributed by atoms with E-state index in [2.05, 4.69) is 81.4 Å². The lowest BCUT2D eigenvalue weighted by atomic mass is 9.70. The molecule has 0 heterocycles. The van der Waals surface area contributed by atoms with Gasteiger partial charge in [0.1, 0.15) is 0 Å². The van der Waals surface area contributed by atoms with Crippen LogP contribution in [0.1, 0.15) is 96.1 Å². The molecule has 2 aromatic carbocycles. The van der Waals surface area contributed by atoms with Gasteiger partial charge in [0.2, 0.25) is 0 Å². The van der Waals surface area contributed by atoms with Gasteiger partial charge in [-0.1, -0.05) is 126 Å². The average molecular weight is 392 g/mol. The Morgan fingerprint density at radius 1 is 0.655 bits per heavy atom. The molecule has 0 atom stereocenters. The topological polar surface area (TPSA) is 12.4 Å². The highest BCUT2D eigenvalue weighted by Gasteiger charge is 2.34. The fraction of sp³-hybridized carbons (Fsp3) is 0.536. The van der Waals surface area contributed by atoms with Crippen molar-refractivity contribution in [3.63, 3.8) is 0 Å². The summed E-state index contributed by atoms with van der Waals surface area (Å²) >= 11 is 0. The molecule has 29 heavy (non-hydrogen) atoms. The number of benzene rings is 2. The molecule has 0 saturated heterocycles. The van der Waals surface area contributed by atoms with Crippen LogP contribution in [-0.4, -0.2) is 12.3 Å². The van der Waals surface area contributed by atoms with E-state index in [1.807, 2.05) is 0 Å². The Bertz CT molecular complexity index is 683. The lowest BCUT2D eigenvalue weighted by molar-refractivity contribution is 0.530. The third kappa shape index (κ3) is 6.84. The Morgan fingerprint density at radius 2 is 1.17 bits per heavy atom. The fourth-order valence-electron chi connectivity index (χ4n) is 4.44. The van der Waals surface area contributed by atoms with Gasteiger partial charge in [0, 0.05) is 12.0 Å². The maximum Gasteiger partial charge on any atom is 0.0525 e. The van der Waals surface area contributed by atoms with Crippen molar-refractivity contribution in [3.05, 3.63) is 71.8 Å². The van der Waals surface area contributed by atoms with Gasteiger partial charge >= 0.3 is 0 Å². The van der Waals surface area contributed by atoms with Gasteiger partial charge in [-0.15, -0.1) is 0 Å². The van der Waals surface area contributed by atoms with E-state index in [4.69, 9.17) is 4.99 Å². The molecule has 0 aliphatic heterocycles. The van der Waals surface area contributed by atoms with Crippen LogP contribution >= 0.6 is 0 Å². The van der Waals surface area contributed by atoms with Crippen LogP contribution in [0.2, 0.25) is 0 Å². The highest BCUT2D eigenvalue weighted by molar-refractivity contribution is 6.08. The number of rotatable bonds is 14. The number of hydrogen-bond acceptors (Lipinski definition) is 1. The molecular weight excluding hydrogens is 350 g/mol. The molecule has 0 spiro atoms. The largest absolute Gasteiger partial charge is 0.288 e. The van der Waals surface area contributed by atoms with Crippen molar-refractivity contribution in [2.24, 2.45) is 4.99 Å². The molecule has 0 fully saturated rings. The van der Waals surface area contributed by atoms with Gasteiger partial charge in [-0.2, -0.15) is 0 Å². The number of aliphatic imine (C=N–C) groups is 1. The number of unbranched alkanes of at least 4 members (excludes halogenated alkanes) is 7. The van der Waals surface area contributed by atoms with Gasteiger partial charge in [0.05, 0.1) is 5.71 Å². The van der Waals surface area contributed by atoms with Crippen molar-refractivity contribution in [2.45, 2.75) is 90.4 Å². The Labute approximate surface area is 179 Å². The second-order valence-electron chi connectivity index (χ2n) is 8.23. The Morgan fingerprint density at radius 3 is 1.72 bits per heavy atom. The van der Waals surface area contributed by atoms with Crippen LogP contribution in [0, 0.1) is 0 Å². The minimum absolute atomic E-state index is 0.0111. The maximum absolute atomic E-state index is 5.25. The zero-order valence-electron chi connectivity index (χ0n) is 19.0. The van der Waals surface area contributed by atoms with E-state index in [0.717, 1.165) is 19.4 Å². The zero-order valence-corrected chi connectivity index (χ0v) is 19.0. The summed E-state index contributed by atoms with van der Waals surface area (Å²) in [7, 11) is 0. The predicted molar refractivity (Wildman–Crippen MR) is 129 cm³/mol. The fourth-order valence-corrected chi connectivity index (χ4v) is 4.44. The molecule has 0 aliphatic rings. The monoisotopic (exact) mass is 391 g/mol. The first-order valence-electron chi connectivity index (χ1n) is 11.9. The number of hydrogen-bond donors (Lipinski definition) is 0. The molecule has 1 heteroatoms. The third-order valence-electron chi connectivity index (χ3n) is 6.32. The summed E-state index contributed by atoms with van der Waals surface area (Å²) in [6, 6.07) is 21.8. The summed E-state index contributed by atoms with van der Waals surface area (Å²) in [6.45, 7) is 7.84. The summed E-state index contributed by atoms with van der Waals surface area (Å²) in [5.74, 6) is 0. The lowest BCUT2D eigenvalue weighted by Gasteiger charge is -2.34. The molecular formula is C28H41N. The van der Waals surface area contributed by atoms with Crippen LogP contribution in [0.15, 0.2) is 65.7 Å². The summed E-state index contributed by atoms with van der Waals surface area (Å²) < 4.78 is 0. The predicted octanol–water partition coefficient (Wildman–Crippen LogP) is 8.37. The Balaban J connectivity index is 2.12. The molecule has 1 nitrogen and oxygen atoms in total. The molecule has 2 aromatic rings. The molecule has 0 aromatic heterocycles. The summed E-state index contributed by atoms with van der Waals surface area (Å²) in [4.78, 5) is 5.25. The molecule has 0 radical (unpaired) electrons. The Hall–Kier alpha value is -1.89. The third-order valence-corrected chi connectivity index (χ3v) is 6.32. The van der Waals surface area contributed by atoms with Crippen molar-refractivity contribution in [2.75, 3.05) is 6.54 Å². The number of nitrogens with zero attached hydrogens (tertiary/aromatic N) is 1. The molecule has 0 bridgehead atoms. The van der Waals surface area contributed by atoms with Gasteiger partial charge in [0.15, 0.2) is 0 Å². The summed E-state index contributed by atoms with van der Waals surface area (Å²) in [6.07, 6.45) is 12.9. The van der Waals surface area contributed by atoms with E-state index < -0.39 is 0 Å². The van der Waals surface area contributed by atoms with Gasteiger partial charge < -0.3 is 0 Å². The molecule has 0 N–H and O–H groups in total. The van der Waals surface area contributed by atoms with E-state index in [1.165, 1.54) is 68.2 Å². The van der Waals surface area contributed by atoms with Crippen molar-refractivity contribution in [1.29, 1.82) is 0 Å².